The fourth-order valence-electron chi connectivity index (χ4n) is 2.05. The van der Waals surface area contributed by atoms with Gasteiger partial charge in [-0.25, -0.2) is 14.0 Å². The maximum atomic E-state index is 14.0. The van der Waals surface area contributed by atoms with E-state index in [0.29, 0.717) is 5.56 Å². The molecule has 25 heavy (non-hydrogen) atoms. The Morgan fingerprint density at radius 3 is 2.36 bits per heavy atom. The summed E-state index contributed by atoms with van der Waals surface area (Å²) >= 11 is 0. The molecule has 130 valence electrons. The molecule has 1 unspecified atom stereocenters. The number of methoxy groups -OCH3 is 1. The Morgan fingerprint density at radius 1 is 1.12 bits per heavy atom. The molecule has 2 aromatic carbocycles. The minimum Gasteiger partial charge on any atom is -0.497 e. The highest BCUT2D eigenvalue weighted by molar-refractivity contribution is 5.98. The first kappa shape index (κ1) is 17.9. The van der Waals surface area contributed by atoms with Crippen molar-refractivity contribution in [1.29, 1.82) is 0 Å². The van der Waals surface area contributed by atoms with Gasteiger partial charge >= 0.3 is 12.0 Å². The Hall–Kier alpha value is -3.42. The average Bonchev–Trinajstić information content (AvgIpc) is 2.59. The van der Waals surface area contributed by atoms with E-state index in [1.165, 1.54) is 31.4 Å². The minimum atomic E-state index is -1.47. The van der Waals surface area contributed by atoms with Gasteiger partial charge in [-0.3, -0.25) is 10.1 Å². The van der Waals surface area contributed by atoms with Crippen LogP contribution in [0.5, 0.6) is 5.75 Å². The molecule has 0 bridgehead atoms. The molecule has 0 aromatic heterocycles. The van der Waals surface area contributed by atoms with E-state index in [0.717, 1.165) is 6.07 Å². The molecule has 0 heterocycles. The maximum Gasteiger partial charge on any atom is 0.342 e. The van der Waals surface area contributed by atoms with Crippen molar-refractivity contribution in [3.8, 4) is 5.75 Å². The van der Waals surface area contributed by atoms with Crippen molar-refractivity contribution in [2.75, 3.05) is 7.11 Å². The lowest BCUT2D eigenvalue weighted by Crippen LogP contribution is -2.39. The number of rotatable bonds is 5. The highest BCUT2D eigenvalue weighted by Gasteiger charge is 2.27. The van der Waals surface area contributed by atoms with E-state index in [-0.39, 0.29) is 11.3 Å². The Bertz CT molecular complexity index is 795. The SMILES string of the molecule is COc1ccc(C(=O)OC(C(=O)NC(N)=O)c2ccccc2)c(F)c1. The number of urea groups is 1. The number of amides is 3. The van der Waals surface area contributed by atoms with Gasteiger partial charge in [0.1, 0.15) is 11.6 Å². The van der Waals surface area contributed by atoms with E-state index in [1.807, 2.05) is 5.32 Å². The summed E-state index contributed by atoms with van der Waals surface area (Å²) < 4.78 is 24.0. The molecule has 1 atom stereocenters. The molecule has 0 spiro atoms. The number of carbonyl (C=O) groups excluding carboxylic acids is 3. The van der Waals surface area contributed by atoms with Crippen LogP contribution in [0.15, 0.2) is 48.5 Å². The van der Waals surface area contributed by atoms with Crippen molar-refractivity contribution in [2.45, 2.75) is 6.10 Å². The number of halogens is 1. The van der Waals surface area contributed by atoms with E-state index >= 15 is 0 Å². The molecular weight excluding hydrogens is 331 g/mol. The Morgan fingerprint density at radius 2 is 1.80 bits per heavy atom. The summed E-state index contributed by atoms with van der Waals surface area (Å²) in [5.41, 5.74) is 4.84. The summed E-state index contributed by atoms with van der Waals surface area (Å²) in [6.07, 6.45) is -1.47. The number of nitrogens with two attached hydrogens (primary N) is 1. The van der Waals surface area contributed by atoms with E-state index in [1.54, 1.807) is 18.2 Å². The van der Waals surface area contributed by atoms with Gasteiger partial charge in [-0.05, 0) is 12.1 Å². The van der Waals surface area contributed by atoms with Crippen LogP contribution in [0.2, 0.25) is 0 Å². The summed E-state index contributed by atoms with van der Waals surface area (Å²) in [5.74, 6) is -2.67. The smallest absolute Gasteiger partial charge is 0.342 e. The van der Waals surface area contributed by atoms with Gasteiger partial charge in [0.05, 0.1) is 12.7 Å². The Kier molecular flexibility index (Phi) is 5.67. The van der Waals surface area contributed by atoms with Gasteiger partial charge < -0.3 is 15.2 Å². The number of hydrogen-bond acceptors (Lipinski definition) is 5. The topological polar surface area (TPSA) is 108 Å². The first-order valence-corrected chi connectivity index (χ1v) is 7.12. The normalized spacial score (nSPS) is 11.3. The number of carbonyl (C=O) groups is 3. The molecule has 0 radical (unpaired) electrons. The molecule has 2 rings (SSSR count). The summed E-state index contributed by atoms with van der Waals surface area (Å²) in [6.45, 7) is 0. The molecule has 0 aliphatic carbocycles. The van der Waals surface area contributed by atoms with Gasteiger partial charge in [-0.1, -0.05) is 30.3 Å². The number of ether oxygens (including phenoxy) is 2. The zero-order chi connectivity index (χ0) is 18.4. The number of imide groups is 1. The van der Waals surface area contributed by atoms with Crippen LogP contribution in [-0.2, 0) is 9.53 Å². The van der Waals surface area contributed by atoms with Gasteiger partial charge in [0, 0.05) is 11.6 Å². The second-order valence-corrected chi connectivity index (χ2v) is 4.90. The van der Waals surface area contributed by atoms with E-state index < -0.39 is 29.8 Å². The van der Waals surface area contributed by atoms with Gasteiger partial charge in [0.2, 0.25) is 6.10 Å². The van der Waals surface area contributed by atoms with Crippen molar-refractivity contribution in [3.05, 3.63) is 65.5 Å². The zero-order valence-electron chi connectivity index (χ0n) is 13.2. The van der Waals surface area contributed by atoms with E-state index in [4.69, 9.17) is 15.2 Å². The van der Waals surface area contributed by atoms with Crippen LogP contribution in [0, 0.1) is 5.82 Å². The molecule has 3 N–H and O–H groups in total. The Labute approximate surface area is 142 Å². The van der Waals surface area contributed by atoms with Gasteiger partial charge in [-0.2, -0.15) is 0 Å². The predicted octanol–water partition coefficient (Wildman–Crippen LogP) is 1.93. The van der Waals surface area contributed by atoms with Crippen LogP contribution in [0.1, 0.15) is 22.0 Å². The lowest BCUT2D eigenvalue weighted by Gasteiger charge is -2.17. The second kappa shape index (κ2) is 7.91. The van der Waals surface area contributed by atoms with E-state index in [2.05, 4.69) is 0 Å². The number of nitrogens with one attached hydrogen (secondary N) is 1. The second-order valence-electron chi connectivity index (χ2n) is 4.90. The van der Waals surface area contributed by atoms with Gasteiger partial charge in [-0.15, -0.1) is 0 Å². The van der Waals surface area contributed by atoms with Crippen LogP contribution in [0.25, 0.3) is 0 Å². The van der Waals surface area contributed by atoms with Gasteiger partial charge in [0.25, 0.3) is 5.91 Å². The fraction of sp³-hybridized carbons (Fsp3) is 0.118. The first-order chi connectivity index (χ1) is 11.9. The van der Waals surface area contributed by atoms with Crippen molar-refractivity contribution in [1.82, 2.24) is 5.32 Å². The largest absolute Gasteiger partial charge is 0.497 e. The van der Waals surface area contributed by atoms with E-state index in [9.17, 15) is 18.8 Å². The summed E-state index contributed by atoms with van der Waals surface area (Å²) in [6, 6.07) is 10.4. The quantitative estimate of drug-likeness (QED) is 0.804. The fourth-order valence-corrected chi connectivity index (χ4v) is 2.05. The van der Waals surface area contributed by atoms with Gasteiger partial charge in [0.15, 0.2) is 0 Å². The molecule has 0 aliphatic heterocycles. The van der Waals surface area contributed by atoms with Crippen molar-refractivity contribution >= 4 is 17.9 Å². The first-order valence-electron chi connectivity index (χ1n) is 7.12. The average molecular weight is 346 g/mol. The monoisotopic (exact) mass is 346 g/mol. The van der Waals surface area contributed by atoms with Crippen LogP contribution in [-0.4, -0.2) is 25.0 Å². The van der Waals surface area contributed by atoms with Crippen LogP contribution in [0.4, 0.5) is 9.18 Å². The maximum absolute atomic E-state index is 14.0. The minimum absolute atomic E-state index is 0.222. The van der Waals surface area contributed by atoms with Crippen LogP contribution >= 0.6 is 0 Å². The molecule has 0 fully saturated rings. The Balaban J connectivity index is 2.28. The van der Waals surface area contributed by atoms with Crippen molar-refractivity contribution in [2.24, 2.45) is 5.73 Å². The molecule has 2 aromatic rings. The molecule has 3 amide bonds. The number of esters is 1. The number of hydrogen-bond donors (Lipinski definition) is 2. The molecule has 0 aliphatic rings. The summed E-state index contributed by atoms with van der Waals surface area (Å²) in [7, 11) is 1.35. The van der Waals surface area contributed by atoms with Crippen LogP contribution < -0.4 is 15.8 Å². The van der Waals surface area contributed by atoms with Crippen molar-refractivity contribution in [3.63, 3.8) is 0 Å². The highest BCUT2D eigenvalue weighted by Crippen LogP contribution is 2.22. The van der Waals surface area contributed by atoms with Crippen molar-refractivity contribution < 1.29 is 28.2 Å². The molecule has 0 saturated carbocycles. The number of benzene rings is 2. The molecule has 0 saturated heterocycles. The third kappa shape index (κ3) is 4.54. The lowest BCUT2D eigenvalue weighted by atomic mass is 10.1. The summed E-state index contributed by atoms with van der Waals surface area (Å²) in [4.78, 5) is 35.2. The third-order valence-corrected chi connectivity index (χ3v) is 3.21. The third-order valence-electron chi connectivity index (χ3n) is 3.21. The zero-order valence-corrected chi connectivity index (χ0v) is 13.2. The lowest BCUT2D eigenvalue weighted by molar-refractivity contribution is -0.129. The standard InChI is InChI=1S/C17H15FN2O5/c1-24-11-7-8-12(13(18)9-11)16(22)25-14(15(21)20-17(19)23)10-5-3-2-4-6-10/h2-9,14H,1H3,(H3,19,20,21,23). The summed E-state index contributed by atoms with van der Waals surface area (Å²) in [5, 5.41) is 1.84. The molecular formula is C17H15FN2O5. The molecule has 7 nitrogen and oxygen atoms in total. The predicted molar refractivity (Wildman–Crippen MR) is 85.3 cm³/mol. The number of primary amides is 1. The van der Waals surface area contributed by atoms with Crippen LogP contribution in [0.3, 0.4) is 0 Å². The highest BCUT2D eigenvalue weighted by atomic mass is 19.1. The molecule has 8 heteroatoms.